The highest BCUT2D eigenvalue weighted by molar-refractivity contribution is 6.31. The first-order valence-corrected chi connectivity index (χ1v) is 7.12. The van der Waals surface area contributed by atoms with Gasteiger partial charge in [-0.05, 0) is 43.2 Å². The van der Waals surface area contributed by atoms with Gasteiger partial charge in [0.15, 0.2) is 0 Å². The van der Waals surface area contributed by atoms with Crippen LogP contribution < -0.4 is 10.5 Å². The molecule has 0 aliphatic heterocycles. The van der Waals surface area contributed by atoms with Gasteiger partial charge in [0, 0.05) is 16.6 Å². The SMILES string of the molecule is CC(N)Cc1c(Cl)cccc1OCc1cccc(C#N)c1. The molecule has 3 nitrogen and oxygen atoms in total. The summed E-state index contributed by atoms with van der Waals surface area (Å²) < 4.78 is 5.85. The van der Waals surface area contributed by atoms with Crippen LogP contribution in [-0.4, -0.2) is 6.04 Å². The Hall–Kier alpha value is -2.02. The van der Waals surface area contributed by atoms with Crippen LogP contribution in [0.3, 0.4) is 0 Å². The van der Waals surface area contributed by atoms with E-state index in [4.69, 9.17) is 27.3 Å². The summed E-state index contributed by atoms with van der Waals surface area (Å²) in [7, 11) is 0. The maximum absolute atomic E-state index is 8.90. The molecule has 0 fully saturated rings. The summed E-state index contributed by atoms with van der Waals surface area (Å²) in [5, 5.41) is 9.57. The van der Waals surface area contributed by atoms with Crippen LogP contribution in [0.5, 0.6) is 5.75 Å². The Morgan fingerprint density at radius 1 is 1.29 bits per heavy atom. The largest absolute Gasteiger partial charge is 0.489 e. The first-order chi connectivity index (χ1) is 10.1. The second-order valence-electron chi connectivity index (χ2n) is 5.00. The van der Waals surface area contributed by atoms with Crippen molar-refractivity contribution in [1.29, 1.82) is 5.26 Å². The van der Waals surface area contributed by atoms with Crippen molar-refractivity contribution in [2.24, 2.45) is 5.73 Å². The topological polar surface area (TPSA) is 59.0 Å². The molecule has 108 valence electrons. The summed E-state index contributed by atoms with van der Waals surface area (Å²) in [6, 6.07) is 15.1. The van der Waals surface area contributed by atoms with Gasteiger partial charge in [-0.3, -0.25) is 0 Å². The van der Waals surface area contributed by atoms with Crippen LogP contribution in [0.2, 0.25) is 5.02 Å². The molecule has 1 atom stereocenters. The quantitative estimate of drug-likeness (QED) is 0.916. The van der Waals surface area contributed by atoms with E-state index in [0.717, 1.165) is 16.9 Å². The Morgan fingerprint density at radius 3 is 2.76 bits per heavy atom. The molecule has 2 N–H and O–H groups in total. The van der Waals surface area contributed by atoms with Crippen molar-refractivity contribution >= 4 is 11.6 Å². The van der Waals surface area contributed by atoms with Gasteiger partial charge in [-0.2, -0.15) is 5.26 Å². The molecule has 4 heteroatoms. The van der Waals surface area contributed by atoms with Crippen LogP contribution in [0, 0.1) is 11.3 Å². The standard InChI is InChI=1S/C17H17ClN2O/c1-12(20)8-15-16(18)6-3-7-17(15)21-11-14-5-2-4-13(9-14)10-19/h2-7,9,12H,8,11,20H2,1H3. The first-order valence-electron chi connectivity index (χ1n) is 6.75. The Morgan fingerprint density at radius 2 is 2.05 bits per heavy atom. The Balaban J connectivity index is 2.16. The molecule has 2 aromatic carbocycles. The van der Waals surface area contributed by atoms with Gasteiger partial charge in [0.2, 0.25) is 0 Å². The molecule has 0 heterocycles. The summed E-state index contributed by atoms with van der Waals surface area (Å²) in [6.45, 7) is 2.32. The lowest BCUT2D eigenvalue weighted by atomic mass is 10.1. The number of hydrogen-bond acceptors (Lipinski definition) is 3. The van der Waals surface area contributed by atoms with Gasteiger partial charge in [-0.1, -0.05) is 29.8 Å². The Bertz CT molecular complexity index is 662. The predicted molar refractivity (Wildman–Crippen MR) is 84.3 cm³/mol. The minimum Gasteiger partial charge on any atom is -0.489 e. The van der Waals surface area contributed by atoms with Crippen LogP contribution in [0.4, 0.5) is 0 Å². The van der Waals surface area contributed by atoms with Crippen molar-refractivity contribution in [3.8, 4) is 11.8 Å². The molecular weight excluding hydrogens is 284 g/mol. The van der Waals surface area contributed by atoms with Crippen LogP contribution in [0.1, 0.15) is 23.6 Å². The maximum atomic E-state index is 8.90. The molecule has 2 aromatic rings. The molecule has 0 saturated heterocycles. The molecule has 0 bridgehead atoms. The highest BCUT2D eigenvalue weighted by Gasteiger charge is 2.10. The van der Waals surface area contributed by atoms with Crippen molar-refractivity contribution in [2.75, 3.05) is 0 Å². The molecule has 0 aliphatic rings. The molecular formula is C17H17ClN2O. The average molecular weight is 301 g/mol. The van der Waals surface area contributed by atoms with E-state index in [-0.39, 0.29) is 6.04 Å². The van der Waals surface area contributed by atoms with E-state index in [2.05, 4.69) is 6.07 Å². The summed E-state index contributed by atoms with van der Waals surface area (Å²) >= 11 is 6.22. The number of halogens is 1. The van der Waals surface area contributed by atoms with E-state index in [1.807, 2.05) is 43.3 Å². The number of nitriles is 1. The highest BCUT2D eigenvalue weighted by atomic mass is 35.5. The van der Waals surface area contributed by atoms with Gasteiger partial charge < -0.3 is 10.5 Å². The van der Waals surface area contributed by atoms with E-state index in [1.54, 1.807) is 6.07 Å². The minimum atomic E-state index is 0.00849. The fourth-order valence-corrected chi connectivity index (χ4v) is 2.33. The number of ether oxygens (including phenoxy) is 1. The first kappa shape index (κ1) is 15.4. The zero-order valence-electron chi connectivity index (χ0n) is 11.8. The van der Waals surface area contributed by atoms with Gasteiger partial charge in [-0.25, -0.2) is 0 Å². The van der Waals surface area contributed by atoms with E-state index in [9.17, 15) is 0 Å². The lowest BCUT2D eigenvalue weighted by Crippen LogP contribution is -2.18. The van der Waals surface area contributed by atoms with Crippen molar-refractivity contribution < 1.29 is 4.74 Å². The summed E-state index contributed by atoms with van der Waals surface area (Å²) in [5.74, 6) is 0.738. The third kappa shape index (κ3) is 4.22. The molecule has 0 saturated carbocycles. The second-order valence-corrected chi connectivity index (χ2v) is 5.41. The molecule has 0 spiro atoms. The third-order valence-corrected chi connectivity index (χ3v) is 3.41. The smallest absolute Gasteiger partial charge is 0.124 e. The van der Waals surface area contributed by atoms with Gasteiger partial charge in [0.1, 0.15) is 12.4 Å². The molecule has 21 heavy (non-hydrogen) atoms. The predicted octanol–water partition coefficient (Wildman–Crippen LogP) is 3.68. The number of nitrogens with two attached hydrogens (primary N) is 1. The van der Waals surface area contributed by atoms with Gasteiger partial charge in [0.25, 0.3) is 0 Å². The fraction of sp³-hybridized carbons (Fsp3) is 0.235. The zero-order valence-corrected chi connectivity index (χ0v) is 12.6. The lowest BCUT2D eigenvalue weighted by molar-refractivity contribution is 0.302. The lowest BCUT2D eigenvalue weighted by Gasteiger charge is -2.14. The Labute approximate surface area is 129 Å². The highest BCUT2D eigenvalue weighted by Crippen LogP contribution is 2.28. The van der Waals surface area contributed by atoms with Crippen molar-refractivity contribution in [3.05, 3.63) is 64.2 Å². The average Bonchev–Trinajstić information content (AvgIpc) is 2.48. The Kier molecular flexibility index (Phi) is 5.21. The molecule has 0 aromatic heterocycles. The van der Waals surface area contributed by atoms with Crippen molar-refractivity contribution in [3.63, 3.8) is 0 Å². The molecule has 2 rings (SSSR count). The number of hydrogen-bond donors (Lipinski definition) is 1. The van der Waals surface area contributed by atoms with Gasteiger partial charge in [0.05, 0.1) is 11.6 Å². The van der Waals surface area contributed by atoms with E-state index >= 15 is 0 Å². The molecule has 0 radical (unpaired) electrons. The molecule has 1 unspecified atom stereocenters. The van der Waals surface area contributed by atoms with Crippen LogP contribution >= 0.6 is 11.6 Å². The maximum Gasteiger partial charge on any atom is 0.124 e. The molecule has 0 aliphatic carbocycles. The van der Waals surface area contributed by atoms with Crippen molar-refractivity contribution in [1.82, 2.24) is 0 Å². The van der Waals surface area contributed by atoms with Crippen LogP contribution in [0.15, 0.2) is 42.5 Å². The van der Waals surface area contributed by atoms with E-state index in [1.165, 1.54) is 0 Å². The monoisotopic (exact) mass is 300 g/mol. The summed E-state index contributed by atoms with van der Waals surface area (Å²) in [5.41, 5.74) is 8.35. The minimum absolute atomic E-state index is 0.00849. The van der Waals surface area contributed by atoms with Crippen LogP contribution in [0.25, 0.3) is 0 Å². The number of nitrogens with zero attached hydrogens (tertiary/aromatic N) is 1. The van der Waals surface area contributed by atoms with Crippen molar-refractivity contribution in [2.45, 2.75) is 26.0 Å². The van der Waals surface area contributed by atoms with E-state index in [0.29, 0.717) is 23.6 Å². The van der Waals surface area contributed by atoms with Gasteiger partial charge >= 0.3 is 0 Å². The second kappa shape index (κ2) is 7.12. The summed E-state index contributed by atoms with van der Waals surface area (Å²) in [6.07, 6.45) is 0.660. The number of benzene rings is 2. The van der Waals surface area contributed by atoms with Gasteiger partial charge in [-0.15, -0.1) is 0 Å². The van der Waals surface area contributed by atoms with Crippen LogP contribution in [-0.2, 0) is 13.0 Å². The number of rotatable bonds is 5. The van der Waals surface area contributed by atoms with E-state index < -0.39 is 0 Å². The summed E-state index contributed by atoms with van der Waals surface area (Å²) in [4.78, 5) is 0. The zero-order chi connectivity index (χ0) is 15.2. The third-order valence-electron chi connectivity index (χ3n) is 3.05. The molecule has 0 amide bonds. The normalized spacial score (nSPS) is 11.7. The fourth-order valence-electron chi connectivity index (χ4n) is 2.09.